The molecule has 0 saturated carbocycles. The number of amides is 1. The minimum Gasteiger partial charge on any atom is -0.392 e. The highest BCUT2D eigenvalue weighted by molar-refractivity contribution is 5.81. The van der Waals surface area contributed by atoms with E-state index in [1.807, 2.05) is 24.3 Å². The number of carbonyl (C=O) groups excluding carboxylic acids is 1. The molecule has 0 spiro atoms. The lowest BCUT2D eigenvalue weighted by atomic mass is 10.0. The zero-order valence-electron chi connectivity index (χ0n) is 11.4. The highest BCUT2D eigenvalue weighted by Crippen LogP contribution is 2.17. The Labute approximate surface area is 114 Å². The fourth-order valence-electron chi connectivity index (χ4n) is 2.46. The summed E-state index contributed by atoms with van der Waals surface area (Å²) in [6, 6.07) is 7.81. The second-order valence-corrected chi connectivity index (χ2v) is 5.13. The maximum Gasteiger partial charge on any atom is 0.237 e. The van der Waals surface area contributed by atoms with Gasteiger partial charge in [-0.05, 0) is 37.3 Å². The van der Waals surface area contributed by atoms with Crippen molar-refractivity contribution < 1.29 is 9.90 Å². The molecule has 1 amide bonds. The van der Waals surface area contributed by atoms with Gasteiger partial charge in [-0.3, -0.25) is 10.1 Å². The van der Waals surface area contributed by atoms with Crippen molar-refractivity contribution in [3.63, 3.8) is 0 Å². The smallest absolute Gasteiger partial charge is 0.237 e. The van der Waals surface area contributed by atoms with Crippen LogP contribution in [0, 0.1) is 0 Å². The standard InChI is InChI=1S/C15H22N2O2/c1-11(13-6-4-5-12(9-13)10-18)17-14-7-2-3-8-16-15(14)19/h4-6,9,11,14,17-18H,2-3,7-8,10H2,1H3,(H,16,19). The molecule has 4 nitrogen and oxygen atoms in total. The van der Waals surface area contributed by atoms with E-state index in [1.165, 1.54) is 0 Å². The van der Waals surface area contributed by atoms with E-state index >= 15 is 0 Å². The molecular formula is C15H22N2O2. The fourth-order valence-corrected chi connectivity index (χ4v) is 2.46. The SMILES string of the molecule is CC(NC1CCCCNC1=O)c1cccc(CO)c1. The van der Waals surface area contributed by atoms with Crippen molar-refractivity contribution in [3.8, 4) is 0 Å². The Morgan fingerprint density at radius 2 is 2.32 bits per heavy atom. The molecule has 0 radical (unpaired) electrons. The minimum absolute atomic E-state index is 0.0461. The monoisotopic (exact) mass is 262 g/mol. The van der Waals surface area contributed by atoms with Crippen LogP contribution in [0.4, 0.5) is 0 Å². The van der Waals surface area contributed by atoms with Gasteiger partial charge in [0.05, 0.1) is 12.6 Å². The first kappa shape index (κ1) is 14.0. The summed E-state index contributed by atoms with van der Waals surface area (Å²) in [6.45, 7) is 2.88. The minimum atomic E-state index is -0.115. The molecule has 2 unspecified atom stereocenters. The molecule has 2 rings (SSSR count). The molecule has 1 aromatic carbocycles. The maximum absolute atomic E-state index is 11.9. The van der Waals surface area contributed by atoms with E-state index in [1.54, 1.807) is 0 Å². The van der Waals surface area contributed by atoms with Gasteiger partial charge in [-0.25, -0.2) is 0 Å². The molecule has 1 aliphatic rings. The van der Waals surface area contributed by atoms with Gasteiger partial charge in [0, 0.05) is 12.6 Å². The number of hydrogen-bond donors (Lipinski definition) is 3. The molecule has 1 fully saturated rings. The van der Waals surface area contributed by atoms with Crippen molar-refractivity contribution in [1.82, 2.24) is 10.6 Å². The number of carbonyl (C=O) groups is 1. The van der Waals surface area contributed by atoms with Crippen LogP contribution in [0.15, 0.2) is 24.3 Å². The highest BCUT2D eigenvalue weighted by Gasteiger charge is 2.22. The Morgan fingerprint density at radius 3 is 3.11 bits per heavy atom. The van der Waals surface area contributed by atoms with Gasteiger partial charge in [0.2, 0.25) is 5.91 Å². The molecule has 1 aliphatic heterocycles. The Hall–Kier alpha value is -1.39. The second kappa shape index (κ2) is 6.68. The first-order valence-electron chi connectivity index (χ1n) is 6.94. The Kier molecular flexibility index (Phi) is 4.93. The first-order valence-corrected chi connectivity index (χ1v) is 6.94. The predicted molar refractivity (Wildman–Crippen MR) is 74.6 cm³/mol. The molecule has 2 atom stereocenters. The number of rotatable bonds is 4. The van der Waals surface area contributed by atoms with Crippen molar-refractivity contribution in [2.24, 2.45) is 0 Å². The molecule has 1 aromatic rings. The van der Waals surface area contributed by atoms with Crippen LogP contribution < -0.4 is 10.6 Å². The van der Waals surface area contributed by atoms with Crippen LogP contribution in [-0.2, 0) is 11.4 Å². The second-order valence-electron chi connectivity index (χ2n) is 5.13. The maximum atomic E-state index is 11.9. The van der Waals surface area contributed by atoms with E-state index in [0.717, 1.165) is 36.9 Å². The summed E-state index contributed by atoms with van der Waals surface area (Å²) in [6.07, 6.45) is 3.01. The number of hydrogen-bond acceptors (Lipinski definition) is 3. The zero-order valence-corrected chi connectivity index (χ0v) is 11.4. The summed E-state index contributed by atoms with van der Waals surface area (Å²) < 4.78 is 0. The van der Waals surface area contributed by atoms with Gasteiger partial charge in [-0.1, -0.05) is 24.3 Å². The van der Waals surface area contributed by atoms with Crippen molar-refractivity contribution >= 4 is 5.91 Å². The normalized spacial score (nSPS) is 21.6. The molecule has 0 aromatic heterocycles. The summed E-state index contributed by atoms with van der Waals surface area (Å²) in [7, 11) is 0. The van der Waals surface area contributed by atoms with Crippen molar-refractivity contribution in [3.05, 3.63) is 35.4 Å². The van der Waals surface area contributed by atoms with Crippen LogP contribution in [-0.4, -0.2) is 23.6 Å². The first-order chi connectivity index (χ1) is 9.20. The Balaban J connectivity index is 2.02. The third kappa shape index (κ3) is 3.78. The lowest BCUT2D eigenvalue weighted by molar-refractivity contribution is -0.123. The molecule has 0 bridgehead atoms. The predicted octanol–water partition coefficient (Wildman–Crippen LogP) is 1.50. The van der Waals surface area contributed by atoms with Crippen LogP contribution in [0.2, 0.25) is 0 Å². The summed E-state index contributed by atoms with van der Waals surface area (Å²) in [4.78, 5) is 11.9. The van der Waals surface area contributed by atoms with Crippen LogP contribution >= 0.6 is 0 Å². The average molecular weight is 262 g/mol. The molecular weight excluding hydrogens is 240 g/mol. The van der Waals surface area contributed by atoms with E-state index < -0.39 is 0 Å². The summed E-state index contributed by atoms with van der Waals surface area (Å²) in [5.41, 5.74) is 2.00. The molecule has 19 heavy (non-hydrogen) atoms. The number of benzene rings is 1. The molecule has 3 N–H and O–H groups in total. The van der Waals surface area contributed by atoms with Gasteiger partial charge in [0.1, 0.15) is 0 Å². The molecule has 1 saturated heterocycles. The van der Waals surface area contributed by atoms with E-state index in [2.05, 4.69) is 17.6 Å². The van der Waals surface area contributed by atoms with Gasteiger partial charge in [0.25, 0.3) is 0 Å². The largest absolute Gasteiger partial charge is 0.392 e. The Morgan fingerprint density at radius 1 is 1.47 bits per heavy atom. The third-order valence-corrected chi connectivity index (χ3v) is 3.62. The van der Waals surface area contributed by atoms with Crippen LogP contribution in [0.5, 0.6) is 0 Å². The van der Waals surface area contributed by atoms with Gasteiger partial charge in [-0.15, -0.1) is 0 Å². The Bertz CT molecular complexity index is 434. The molecule has 104 valence electrons. The van der Waals surface area contributed by atoms with Gasteiger partial charge in [0.15, 0.2) is 0 Å². The molecule has 4 heteroatoms. The number of nitrogens with one attached hydrogen (secondary N) is 2. The van der Waals surface area contributed by atoms with E-state index in [-0.39, 0.29) is 24.6 Å². The topological polar surface area (TPSA) is 61.4 Å². The quantitative estimate of drug-likeness (QED) is 0.770. The van der Waals surface area contributed by atoms with Gasteiger partial charge in [-0.2, -0.15) is 0 Å². The fraction of sp³-hybridized carbons (Fsp3) is 0.533. The van der Waals surface area contributed by atoms with Crippen LogP contribution in [0.3, 0.4) is 0 Å². The number of aliphatic hydroxyl groups excluding tert-OH is 1. The lowest BCUT2D eigenvalue weighted by Gasteiger charge is -2.21. The van der Waals surface area contributed by atoms with E-state index in [4.69, 9.17) is 5.11 Å². The molecule has 0 aliphatic carbocycles. The summed E-state index contributed by atoms with van der Waals surface area (Å²) in [5.74, 6) is 0.0997. The zero-order chi connectivity index (χ0) is 13.7. The summed E-state index contributed by atoms with van der Waals surface area (Å²) in [5, 5.41) is 15.5. The van der Waals surface area contributed by atoms with Crippen molar-refractivity contribution in [2.45, 2.75) is 44.9 Å². The summed E-state index contributed by atoms with van der Waals surface area (Å²) >= 11 is 0. The highest BCUT2D eigenvalue weighted by atomic mass is 16.3. The van der Waals surface area contributed by atoms with E-state index in [9.17, 15) is 4.79 Å². The van der Waals surface area contributed by atoms with Crippen LogP contribution in [0.25, 0.3) is 0 Å². The van der Waals surface area contributed by atoms with Crippen LogP contribution in [0.1, 0.15) is 43.4 Å². The van der Waals surface area contributed by atoms with Gasteiger partial charge >= 0.3 is 0 Å². The molecule has 1 heterocycles. The lowest BCUT2D eigenvalue weighted by Crippen LogP contribution is -2.43. The van der Waals surface area contributed by atoms with Crippen molar-refractivity contribution in [1.29, 1.82) is 0 Å². The number of aliphatic hydroxyl groups is 1. The average Bonchev–Trinajstić information content (AvgIpc) is 2.64. The third-order valence-electron chi connectivity index (χ3n) is 3.62. The van der Waals surface area contributed by atoms with Gasteiger partial charge < -0.3 is 10.4 Å². The van der Waals surface area contributed by atoms with E-state index in [0.29, 0.717) is 0 Å². The van der Waals surface area contributed by atoms with Crippen molar-refractivity contribution in [2.75, 3.05) is 6.54 Å².